The van der Waals surface area contributed by atoms with Crippen molar-refractivity contribution < 1.29 is 0 Å². The van der Waals surface area contributed by atoms with E-state index in [9.17, 15) is 0 Å². The largest absolute Gasteiger partial charge is 0.399 e. The zero-order chi connectivity index (χ0) is 9.56. The third-order valence-corrected chi connectivity index (χ3v) is 1.65. The normalized spacial score (nSPS) is 8.67. The topological polar surface area (TPSA) is 52.0 Å². The number of rotatable bonds is 1. The predicted octanol–water partition coefficient (Wildman–Crippen LogP) is 1.93. The molecule has 0 unspecified atom stereocenters. The number of benzene rings is 1. The highest BCUT2D eigenvalue weighted by molar-refractivity contribution is 7.79. The van der Waals surface area contributed by atoms with Crippen LogP contribution in [-0.2, 0) is 6.54 Å². The molecule has 1 aromatic rings. The number of nitrogens with two attached hydrogens (primary N) is 2. The first kappa shape index (κ1) is 11.6. The van der Waals surface area contributed by atoms with E-state index >= 15 is 0 Å². The molecule has 0 radical (unpaired) electrons. The smallest absolute Gasteiger partial charge is 0.0471 e. The summed E-state index contributed by atoms with van der Waals surface area (Å²) >= 11 is 9.30. The van der Waals surface area contributed by atoms with Crippen LogP contribution >= 0.6 is 24.2 Å². The molecule has 0 aliphatic carbocycles. The van der Waals surface area contributed by atoms with Crippen LogP contribution in [0, 0.1) is 0 Å². The van der Waals surface area contributed by atoms with Crippen LogP contribution in [-0.4, -0.2) is 6.26 Å². The Balaban J connectivity index is 0.000000561. The Kier molecular flexibility index (Phi) is 5.98. The third kappa shape index (κ3) is 3.34. The summed E-state index contributed by atoms with van der Waals surface area (Å²) in [7, 11) is 0. The number of hydrogen-bond acceptors (Lipinski definition) is 3. The number of anilines is 1. The van der Waals surface area contributed by atoms with Gasteiger partial charge in [0.25, 0.3) is 0 Å². The van der Waals surface area contributed by atoms with E-state index < -0.39 is 0 Å². The van der Waals surface area contributed by atoms with Gasteiger partial charge >= 0.3 is 0 Å². The lowest BCUT2D eigenvalue weighted by atomic mass is 10.2. The third-order valence-electron chi connectivity index (χ3n) is 1.30. The van der Waals surface area contributed by atoms with Gasteiger partial charge in [-0.15, -0.1) is 0 Å². The molecule has 0 saturated heterocycles. The van der Waals surface area contributed by atoms with E-state index in [2.05, 4.69) is 12.6 Å². The maximum absolute atomic E-state index is 5.77. The summed E-state index contributed by atoms with van der Waals surface area (Å²) in [5.74, 6) is 0. The molecule has 12 heavy (non-hydrogen) atoms. The monoisotopic (exact) mass is 204 g/mol. The van der Waals surface area contributed by atoms with Gasteiger partial charge in [0.15, 0.2) is 0 Å². The van der Waals surface area contributed by atoms with Crippen LogP contribution in [0.3, 0.4) is 0 Å². The zero-order valence-corrected chi connectivity index (χ0v) is 8.57. The van der Waals surface area contributed by atoms with Crippen molar-refractivity contribution in [3.63, 3.8) is 0 Å². The molecule has 4 heteroatoms. The summed E-state index contributed by atoms with van der Waals surface area (Å²) in [6.07, 6.45) is 1.69. The number of nitrogen functional groups attached to an aromatic ring is 1. The highest BCUT2D eigenvalue weighted by Crippen LogP contribution is 2.17. The minimum atomic E-state index is 0.457. The Morgan fingerprint density at radius 1 is 1.42 bits per heavy atom. The fourth-order valence-electron chi connectivity index (χ4n) is 0.729. The summed E-state index contributed by atoms with van der Waals surface area (Å²) in [5, 5.41) is 0.641. The second-order valence-electron chi connectivity index (χ2n) is 2.05. The van der Waals surface area contributed by atoms with E-state index in [1.54, 1.807) is 18.4 Å². The van der Waals surface area contributed by atoms with E-state index in [0.29, 0.717) is 17.3 Å². The van der Waals surface area contributed by atoms with Crippen LogP contribution in [0.25, 0.3) is 0 Å². The standard InChI is InChI=1S/C7H9ClN2.CH4S/c8-7-3-6(10)2-1-5(7)4-9;1-2/h1-3H,4,9-10H2;2H,1H3. The van der Waals surface area contributed by atoms with Crippen LogP contribution in [0.2, 0.25) is 5.02 Å². The molecule has 0 aliphatic rings. The molecule has 2 nitrogen and oxygen atoms in total. The van der Waals surface area contributed by atoms with Gasteiger partial charge in [0.05, 0.1) is 0 Å². The maximum Gasteiger partial charge on any atom is 0.0471 e. The van der Waals surface area contributed by atoms with Crippen molar-refractivity contribution in [1.29, 1.82) is 0 Å². The summed E-state index contributed by atoms with van der Waals surface area (Å²) in [5.41, 5.74) is 12.4. The second-order valence-corrected chi connectivity index (χ2v) is 2.46. The fraction of sp³-hybridized carbons (Fsp3) is 0.250. The molecular formula is C8H13ClN2S. The first-order chi connectivity index (χ1) is 5.74. The molecule has 0 bridgehead atoms. The molecule has 1 aromatic carbocycles. The van der Waals surface area contributed by atoms with Crippen molar-refractivity contribution >= 4 is 29.9 Å². The second kappa shape index (κ2) is 6.17. The van der Waals surface area contributed by atoms with Crippen LogP contribution < -0.4 is 11.5 Å². The van der Waals surface area contributed by atoms with Crippen molar-refractivity contribution in [3.05, 3.63) is 28.8 Å². The van der Waals surface area contributed by atoms with E-state index in [4.69, 9.17) is 23.1 Å². The van der Waals surface area contributed by atoms with Gasteiger partial charge in [-0.1, -0.05) is 17.7 Å². The van der Waals surface area contributed by atoms with Gasteiger partial charge in [0.2, 0.25) is 0 Å². The van der Waals surface area contributed by atoms with Crippen molar-refractivity contribution in [2.75, 3.05) is 12.0 Å². The minimum Gasteiger partial charge on any atom is -0.399 e. The average molecular weight is 205 g/mol. The Morgan fingerprint density at radius 3 is 2.42 bits per heavy atom. The molecular weight excluding hydrogens is 192 g/mol. The predicted molar refractivity (Wildman–Crippen MR) is 58.7 cm³/mol. The molecule has 0 aliphatic heterocycles. The molecule has 1 rings (SSSR count). The Labute approximate surface area is 83.3 Å². The maximum atomic E-state index is 5.77. The molecule has 0 aromatic heterocycles. The van der Waals surface area contributed by atoms with Crippen LogP contribution in [0.1, 0.15) is 5.56 Å². The zero-order valence-electron chi connectivity index (χ0n) is 6.92. The molecule has 0 spiro atoms. The SMILES string of the molecule is CS.NCc1ccc(N)cc1Cl. The van der Waals surface area contributed by atoms with Crippen molar-refractivity contribution in [3.8, 4) is 0 Å². The molecule has 68 valence electrons. The first-order valence-electron chi connectivity index (χ1n) is 3.42. The van der Waals surface area contributed by atoms with Gasteiger partial charge in [-0.25, -0.2) is 0 Å². The molecule has 0 heterocycles. The average Bonchev–Trinajstić information content (AvgIpc) is 2.08. The van der Waals surface area contributed by atoms with Gasteiger partial charge in [0.1, 0.15) is 0 Å². The van der Waals surface area contributed by atoms with Gasteiger partial charge in [-0.05, 0) is 24.0 Å². The summed E-state index contributed by atoms with van der Waals surface area (Å²) < 4.78 is 0. The van der Waals surface area contributed by atoms with Gasteiger partial charge < -0.3 is 11.5 Å². The molecule has 0 amide bonds. The first-order valence-corrected chi connectivity index (χ1v) is 4.70. The van der Waals surface area contributed by atoms with E-state index in [0.717, 1.165) is 5.56 Å². The molecule has 4 N–H and O–H groups in total. The Morgan fingerprint density at radius 2 is 2.00 bits per heavy atom. The van der Waals surface area contributed by atoms with Crippen LogP contribution in [0.4, 0.5) is 5.69 Å². The van der Waals surface area contributed by atoms with Gasteiger partial charge in [-0.2, -0.15) is 12.6 Å². The summed E-state index contributed by atoms with van der Waals surface area (Å²) in [6.45, 7) is 0.457. The van der Waals surface area contributed by atoms with Crippen LogP contribution in [0.5, 0.6) is 0 Å². The van der Waals surface area contributed by atoms with Crippen molar-refractivity contribution in [2.45, 2.75) is 6.54 Å². The Hall–Kier alpha value is -0.380. The van der Waals surface area contributed by atoms with Gasteiger partial charge in [0, 0.05) is 17.3 Å². The molecule has 0 saturated carbocycles. The van der Waals surface area contributed by atoms with Crippen LogP contribution in [0.15, 0.2) is 18.2 Å². The van der Waals surface area contributed by atoms with Crippen molar-refractivity contribution in [2.24, 2.45) is 5.73 Å². The van der Waals surface area contributed by atoms with E-state index in [-0.39, 0.29) is 0 Å². The molecule has 0 atom stereocenters. The van der Waals surface area contributed by atoms with E-state index in [1.807, 2.05) is 6.07 Å². The van der Waals surface area contributed by atoms with E-state index in [1.165, 1.54) is 0 Å². The fourth-order valence-corrected chi connectivity index (χ4v) is 0.995. The Bertz CT molecular complexity index is 240. The number of thiol groups is 1. The minimum absolute atomic E-state index is 0.457. The quantitative estimate of drug-likeness (QED) is 0.484. The summed E-state index contributed by atoms with van der Waals surface area (Å²) in [4.78, 5) is 0. The lowest BCUT2D eigenvalue weighted by Gasteiger charge is -2.00. The van der Waals surface area contributed by atoms with Gasteiger partial charge in [-0.3, -0.25) is 0 Å². The summed E-state index contributed by atoms with van der Waals surface area (Å²) in [6, 6.07) is 5.31. The molecule has 0 fully saturated rings. The lowest BCUT2D eigenvalue weighted by Crippen LogP contribution is -1.97. The number of hydrogen-bond donors (Lipinski definition) is 3. The van der Waals surface area contributed by atoms with Crippen molar-refractivity contribution in [1.82, 2.24) is 0 Å². The highest BCUT2D eigenvalue weighted by atomic mass is 35.5. The highest BCUT2D eigenvalue weighted by Gasteiger charge is 1.96. The number of halogens is 1. The lowest BCUT2D eigenvalue weighted by molar-refractivity contribution is 1.07.